The summed E-state index contributed by atoms with van der Waals surface area (Å²) in [6.07, 6.45) is 3.37. The average Bonchev–Trinajstić information content (AvgIpc) is 3.23. The van der Waals surface area contributed by atoms with Gasteiger partial charge in [0.15, 0.2) is 0 Å². The zero-order chi connectivity index (χ0) is 13.9. The van der Waals surface area contributed by atoms with Crippen LogP contribution in [-0.2, 0) is 4.79 Å². The summed E-state index contributed by atoms with van der Waals surface area (Å²) in [4.78, 5) is 19.6. The van der Waals surface area contributed by atoms with Crippen LogP contribution < -0.4 is 10.6 Å². The number of halogens is 1. The fourth-order valence-corrected chi connectivity index (χ4v) is 1.96. The molecule has 2 N–H and O–H groups in total. The van der Waals surface area contributed by atoms with E-state index >= 15 is 0 Å². The van der Waals surface area contributed by atoms with Crippen LogP contribution in [0.2, 0.25) is 5.15 Å². The Morgan fingerprint density at radius 2 is 2.00 bits per heavy atom. The van der Waals surface area contributed by atoms with Crippen molar-refractivity contribution in [3.05, 3.63) is 41.8 Å². The molecule has 1 heterocycles. The van der Waals surface area contributed by atoms with E-state index in [1.54, 1.807) is 6.07 Å². The van der Waals surface area contributed by atoms with Gasteiger partial charge >= 0.3 is 0 Å². The summed E-state index contributed by atoms with van der Waals surface area (Å²) in [6.45, 7) is 0. The van der Waals surface area contributed by atoms with Crippen LogP contribution in [-0.4, -0.2) is 15.9 Å². The quantitative estimate of drug-likeness (QED) is 0.848. The van der Waals surface area contributed by atoms with E-state index in [2.05, 4.69) is 20.6 Å². The van der Waals surface area contributed by atoms with Gasteiger partial charge in [0, 0.05) is 23.4 Å². The standard InChI is InChI=1S/C14H13ClN4O/c15-12-7-13(17-8-16-12)18-10-2-1-3-11(6-10)19-14(20)9-4-5-9/h1-3,6-9H,4-5H2,(H,19,20)(H,16,17,18). The lowest BCUT2D eigenvalue weighted by Crippen LogP contribution is -2.13. The lowest BCUT2D eigenvalue weighted by Gasteiger charge is -2.08. The van der Waals surface area contributed by atoms with E-state index in [9.17, 15) is 4.79 Å². The van der Waals surface area contributed by atoms with Crippen LogP contribution in [0.4, 0.5) is 17.2 Å². The van der Waals surface area contributed by atoms with Gasteiger partial charge in [-0.25, -0.2) is 9.97 Å². The highest BCUT2D eigenvalue weighted by molar-refractivity contribution is 6.29. The van der Waals surface area contributed by atoms with E-state index in [1.807, 2.05) is 24.3 Å². The molecule has 0 unspecified atom stereocenters. The molecular formula is C14H13ClN4O. The molecule has 1 saturated carbocycles. The molecule has 1 aliphatic carbocycles. The van der Waals surface area contributed by atoms with Gasteiger partial charge in [-0.1, -0.05) is 17.7 Å². The van der Waals surface area contributed by atoms with E-state index < -0.39 is 0 Å². The minimum absolute atomic E-state index is 0.0900. The number of nitrogens with one attached hydrogen (secondary N) is 2. The Kier molecular flexibility index (Phi) is 3.52. The zero-order valence-electron chi connectivity index (χ0n) is 10.6. The van der Waals surface area contributed by atoms with Crippen molar-refractivity contribution >= 4 is 34.7 Å². The Bertz CT molecular complexity index is 643. The van der Waals surface area contributed by atoms with Crippen molar-refractivity contribution in [2.75, 3.05) is 10.6 Å². The van der Waals surface area contributed by atoms with Gasteiger partial charge in [0.05, 0.1) is 0 Å². The fourth-order valence-electron chi connectivity index (χ4n) is 1.81. The third-order valence-electron chi connectivity index (χ3n) is 2.98. The van der Waals surface area contributed by atoms with E-state index in [-0.39, 0.29) is 11.8 Å². The van der Waals surface area contributed by atoms with Crippen molar-refractivity contribution < 1.29 is 4.79 Å². The van der Waals surface area contributed by atoms with Crippen molar-refractivity contribution in [2.45, 2.75) is 12.8 Å². The Morgan fingerprint density at radius 1 is 1.20 bits per heavy atom. The first-order valence-corrected chi connectivity index (χ1v) is 6.74. The Morgan fingerprint density at radius 3 is 2.75 bits per heavy atom. The lowest BCUT2D eigenvalue weighted by molar-refractivity contribution is -0.117. The van der Waals surface area contributed by atoms with Crippen molar-refractivity contribution in [1.29, 1.82) is 0 Å². The SMILES string of the molecule is O=C(Nc1cccc(Nc2cc(Cl)ncn2)c1)C1CC1. The molecule has 3 rings (SSSR count). The van der Waals surface area contributed by atoms with Gasteiger partial charge in [-0.3, -0.25) is 4.79 Å². The summed E-state index contributed by atoms with van der Waals surface area (Å²) < 4.78 is 0. The van der Waals surface area contributed by atoms with E-state index in [4.69, 9.17) is 11.6 Å². The van der Waals surface area contributed by atoms with Crippen LogP contribution in [0.5, 0.6) is 0 Å². The maximum Gasteiger partial charge on any atom is 0.227 e. The molecule has 1 aliphatic rings. The van der Waals surface area contributed by atoms with Crippen LogP contribution in [0.3, 0.4) is 0 Å². The number of benzene rings is 1. The molecule has 1 aromatic carbocycles. The number of hydrogen-bond acceptors (Lipinski definition) is 4. The minimum atomic E-state index is 0.0900. The second-order valence-corrected chi connectivity index (χ2v) is 5.08. The maximum atomic E-state index is 11.7. The third-order valence-corrected chi connectivity index (χ3v) is 3.19. The lowest BCUT2D eigenvalue weighted by atomic mass is 10.2. The predicted octanol–water partition coefficient (Wildman–Crippen LogP) is 3.22. The van der Waals surface area contributed by atoms with Crippen LogP contribution >= 0.6 is 11.6 Å². The largest absolute Gasteiger partial charge is 0.340 e. The summed E-state index contributed by atoms with van der Waals surface area (Å²) in [6, 6.07) is 9.11. The molecule has 20 heavy (non-hydrogen) atoms. The van der Waals surface area contributed by atoms with E-state index in [1.165, 1.54) is 6.33 Å². The number of amides is 1. The van der Waals surface area contributed by atoms with Gasteiger partial charge in [0.2, 0.25) is 5.91 Å². The smallest absolute Gasteiger partial charge is 0.227 e. The second kappa shape index (κ2) is 5.46. The molecule has 2 aromatic rings. The Labute approximate surface area is 121 Å². The van der Waals surface area contributed by atoms with Gasteiger partial charge in [-0.2, -0.15) is 0 Å². The van der Waals surface area contributed by atoms with Gasteiger partial charge < -0.3 is 10.6 Å². The molecule has 0 saturated heterocycles. The monoisotopic (exact) mass is 288 g/mol. The highest BCUT2D eigenvalue weighted by Crippen LogP contribution is 2.30. The molecule has 0 aliphatic heterocycles. The first-order valence-electron chi connectivity index (χ1n) is 6.36. The highest BCUT2D eigenvalue weighted by Gasteiger charge is 2.29. The van der Waals surface area contributed by atoms with Gasteiger partial charge in [0.1, 0.15) is 17.3 Å². The number of carbonyl (C=O) groups is 1. The molecule has 1 aromatic heterocycles. The number of hydrogen-bond donors (Lipinski definition) is 2. The Hall–Kier alpha value is -2.14. The fraction of sp³-hybridized carbons (Fsp3) is 0.214. The van der Waals surface area contributed by atoms with Crippen molar-refractivity contribution in [1.82, 2.24) is 9.97 Å². The average molecular weight is 289 g/mol. The minimum Gasteiger partial charge on any atom is -0.340 e. The summed E-state index contributed by atoms with van der Waals surface area (Å²) in [5.74, 6) is 0.884. The summed E-state index contributed by atoms with van der Waals surface area (Å²) >= 11 is 5.80. The van der Waals surface area contributed by atoms with E-state index in [0.29, 0.717) is 11.0 Å². The normalized spacial score (nSPS) is 13.8. The number of rotatable bonds is 4. The molecule has 6 heteroatoms. The van der Waals surface area contributed by atoms with Gasteiger partial charge in [-0.05, 0) is 31.0 Å². The summed E-state index contributed by atoms with van der Waals surface area (Å²) in [7, 11) is 0. The second-order valence-electron chi connectivity index (χ2n) is 4.70. The molecule has 0 bridgehead atoms. The molecule has 1 fully saturated rings. The van der Waals surface area contributed by atoms with Crippen LogP contribution in [0.15, 0.2) is 36.7 Å². The number of aromatic nitrogens is 2. The summed E-state index contributed by atoms with van der Waals surface area (Å²) in [5.41, 5.74) is 1.60. The van der Waals surface area contributed by atoms with E-state index in [0.717, 1.165) is 24.2 Å². The van der Waals surface area contributed by atoms with Crippen molar-refractivity contribution in [3.63, 3.8) is 0 Å². The number of nitrogens with zero attached hydrogens (tertiary/aromatic N) is 2. The molecule has 0 radical (unpaired) electrons. The first kappa shape index (κ1) is 12.9. The van der Waals surface area contributed by atoms with Crippen molar-refractivity contribution in [3.8, 4) is 0 Å². The highest BCUT2D eigenvalue weighted by atomic mass is 35.5. The number of carbonyl (C=O) groups excluding carboxylic acids is 1. The third kappa shape index (κ3) is 3.24. The summed E-state index contributed by atoms with van der Waals surface area (Å²) in [5, 5.41) is 6.40. The van der Waals surface area contributed by atoms with Crippen LogP contribution in [0, 0.1) is 5.92 Å². The molecular weight excluding hydrogens is 276 g/mol. The van der Waals surface area contributed by atoms with Gasteiger partial charge in [-0.15, -0.1) is 0 Å². The molecule has 0 atom stereocenters. The first-order chi connectivity index (χ1) is 9.70. The molecule has 102 valence electrons. The van der Waals surface area contributed by atoms with Crippen molar-refractivity contribution in [2.24, 2.45) is 5.92 Å². The molecule has 5 nitrogen and oxygen atoms in total. The predicted molar refractivity (Wildman–Crippen MR) is 78.1 cm³/mol. The topological polar surface area (TPSA) is 66.9 Å². The van der Waals surface area contributed by atoms with Crippen LogP contribution in [0.1, 0.15) is 12.8 Å². The van der Waals surface area contributed by atoms with Crippen LogP contribution in [0.25, 0.3) is 0 Å². The molecule has 0 spiro atoms. The Balaban J connectivity index is 1.72. The number of anilines is 3. The zero-order valence-corrected chi connectivity index (χ0v) is 11.4. The molecule has 1 amide bonds. The van der Waals surface area contributed by atoms with Gasteiger partial charge in [0.25, 0.3) is 0 Å². The maximum absolute atomic E-state index is 11.7.